The third kappa shape index (κ3) is 32.1. The van der Waals surface area contributed by atoms with Gasteiger partial charge in [0.05, 0.1) is 97.1 Å². The number of nitro groups is 1. The van der Waals surface area contributed by atoms with Crippen molar-refractivity contribution in [2.45, 2.75) is 67.7 Å². The summed E-state index contributed by atoms with van der Waals surface area (Å²) in [7, 11) is 5.34. The minimum atomic E-state index is -4.48. The first-order chi connectivity index (χ1) is 70.6. The van der Waals surface area contributed by atoms with Crippen LogP contribution in [0.5, 0.6) is 34.6 Å². The number of carbonyl (C=O) groups is 6. The molecule has 3 aliphatic rings. The van der Waals surface area contributed by atoms with Crippen molar-refractivity contribution in [1.82, 2.24) is 68.6 Å². The molecule has 7 aromatic heterocycles. The number of aromatic nitrogens is 12. The number of thioether (sulfide) groups is 1. The molecule has 0 saturated carbocycles. The average Bonchev–Trinajstić information content (AvgIpc) is 1.63. The summed E-state index contributed by atoms with van der Waals surface area (Å²) in [5.74, 6) is 2.84. The van der Waals surface area contributed by atoms with Crippen LogP contribution in [0.3, 0.4) is 0 Å². The quantitative estimate of drug-likeness (QED) is 0.00478. The number of alkyl halides is 3. The molecule has 14 aromatic rings. The molecule has 0 radical (unpaired) electrons. The first-order valence-corrected chi connectivity index (χ1v) is 48.1. The van der Waals surface area contributed by atoms with Crippen LogP contribution in [0.4, 0.5) is 67.9 Å². The number of hydrogen-bond donors (Lipinski definition) is 7. The summed E-state index contributed by atoms with van der Waals surface area (Å²) in [5, 5.41) is 35.2. The van der Waals surface area contributed by atoms with Gasteiger partial charge in [-0.1, -0.05) is 72.0 Å². The maximum atomic E-state index is 13.6. The molecular formula is C98H93ClF4N22O18S4. The highest BCUT2D eigenvalue weighted by molar-refractivity contribution is 8.03. The number of sulfonamides is 1. The Morgan fingerprint density at radius 2 is 1.48 bits per heavy atom. The van der Waals surface area contributed by atoms with Crippen molar-refractivity contribution >= 4 is 170 Å². The summed E-state index contributed by atoms with van der Waals surface area (Å²) in [6, 6.07) is 49.0. The number of likely N-dealkylation sites (tertiary alicyclic amines) is 1. The van der Waals surface area contributed by atoms with Crippen LogP contribution in [0, 0.1) is 27.1 Å². The number of methoxy groups -OCH3 is 4. The Bertz CT molecular complexity index is 7310. The van der Waals surface area contributed by atoms with Crippen molar-refractivity contribution in [3.05, 3.63) is 275 Å². The number of ether oxygens (including phenoxy) is 8. The Labute approximate surface area is 855 Å². The molecule has 49 heteroatoms. The normalized spacial score (nSPS) is 13.4. The van der Waals surface area contributed by atoms with Crippen molar-refractivity contribution in [2.24, 2.45) is 0 Å². The van der Waals surface area contributed by atoms with E-state index in [2.05, 4.69) is 81.3 Å². The van der Waals surface area contributed by atoms with E-state index in [4.69, 9.17) is 61.7 Å². The van der Waals surface area contributed by atoms with Crippen LogP contribution < -0.4 is 61.1 Å². The van der Waals surface area contributed by atoms with E-state index in [1.54, 1.807) is 36.3 Å². The molecular weight excluding hydrogens is 2010 g/mol. The molecule has 10 heterocycles. The van der Waals surface area contributed by atoms with Gasteiger partial charge in [-0.25, -0.2) is 57.0 Å². The molecule has 2 saturated heterocycles. The minimum Gasteiger partial charge on any atom is -0.496 e. The van der Waals surface area contributed by atoms with Crippen LogP contribution in [0.1, 0.15) is 48.4 Å². The third-order valence-electron chi connectivity index (χ3n) is 20.5. The maximum Gasteiger partial charge on any atom is 0.458 e. The lowest BCUT2D eigenvalue weighted by Crippen LogP contribution is -2.40. The van der Waals surface area contributed by atoms with Gasteiger partial charge in [0.15, 0.2) is 5.65 Å². The smallest absolute Gasteiger partial charge is 0.458 e. The van der Waals surface area contributed by atoms with Crippen LogP contribution >= 0.6 is 46.2 Å². The Hall–Kier alpha value is -16.9. The number of nitrogens with one attached hydrogen (secondary N) is 5. The average molecular weight is 2110 g/mol. The summed E-state index contributed by atoms with van der Waals surface area (Å²) in [6.45, 7) is 9.14. The highest BCUT2D eigenvalue weighted by Crippen LogP contribution is 2.40. The van der Waals surface area contributed by atoms with E-state index < -0.39 is 44.8 Å². The molecule has 3 aliphatic heterocycles. The summed E-state index contributed by atoms with van der Waals surface area (Å²) in [5.41, 5.74) is 20.3. The molecule has 2 fully saturated rings. The predicted octanol–water partition coefficient (Wildman–Crippen LogP) is 16.6. The largest absolute Gasteiger partial charge is 0.496 e. The van der Waals surface area contributed by atoms with Gasteiger partial charge in [0.1, 0.15) is 77.3 Å². The lowest BCUT2D eigenvalue weighted by atomic mass is 10.1. The summed E-state index contributed by atoms with van der Waals surface area (Å²) < 4.78 is 125. The number of halogens is 5. The second-order valence-corrected chi connectivity index (χ2v) is 35.9. The molecule has 0 bridgehead atoms. The van der Waals surface area contributed by atoms with Crippen molar-refractivity contribution in [3.63, 3.8) is 0 Å². The Morgan fingerprint density at radius 3 is 2.15 bits per heavy atom. The molecule has 17 rings (SSSR count). The first kappa shape index (κ1) is 109. The molecule has 762 valence electrons. The van der Waals surface area contributed by atoms with E-state index >= 15 is 0 Å². The van der Waals surface area contributed by atoms with Gasteiger partial charge in [0.25, 0.3) is 15.9 Å². The van der Waals surface area contributed by atoms with E-state index in [-0.39, 0.29) is 66.8 Å². The molecule has 7 aromatic carbocycles. The standard InChI is InChI=1S/C25H24N6O2.C24H25ClFN5O3.C20H19N3O3.C18H15N5O6S2.C6H8O4.C5H2F3N3S2/c1-2-21(32)30-14-6-7-18(15-30)31-25-22(24(26)27-16-28-25)23(29-31)17-10-12-20(13-11-17)33-19-8-4-3-5-9-19;1-31(2)8-3-4-23(32)30-21-11-17-20(12-22(21)34-16-7-9-33-13-16)27-14-28-24(17)29-15-5-6-19(26)18(25)10-15;1-13(24)21-15-8-7-14-11-23-16(12-26-20(14)9-15)10-18(22-23)17-5-3-4-6-19(17)25-2;1-29-18-17(19-10-11-20-18)22-31(27,28)14-6-2-12(3-7-14)21-15(24)8-4-13-5-9-16(30-13)23(25)26;1-9-5(7)3-4-6(8)10-2;6-5(7,8)1-2-12-4-10-3(9)13-11-4/h2-5,8-13,16,18H,1,6-7,14-15H2,(H2,26,27,28);3-6,10-12,14,16H,7-9,13H2,1-2H3,(H,30,32)(H,27,28,29);3-10H,11-12H2,1-2H3,(H,21,24);2-11H,1H3,(H,19,22)(H,21,24);3-4H,1-2H3;(H2,9,10,11)/b;4-3+;;8-4+;4-3+;/t18-;16-;;;;/m10..../s1. The molecule has 0 spiro atoms. The SMILES string of the molecule is C=CC(=O)N1CCC[C@@H](n2nc(-c3ccc(Oc4ccccc4)cc3)c3c(N)ncnc32)C1.CN(C)C/C=C/C(=O)Nc1cc2c(Nc3ccc(F)c(Cl)c3)ncnc2cc1O[C@H]1CCOC1.COC(=O)/C=C/C(=O)OC.COc1ccccc1-c1cc2n(n1)Cc1ccc(NC(C)=O)cc1OC2.COc1nccnc1NS(=O)(=O)c1ccc(NC(=O)/C=C/c2ccc([N+](=O)[O-])s2)cc1.Nc1nc(SC#CC(F)(F)F)ns1. The van der Waals surface area contributed by atoms with E-state index in [0.29, 0.717) is 125 Å². The summed E-state index contributed by atoms with van der Waals surface area (Å²) >= 11 is 8.36. The molecule has 4 amide bonds. The van der Waals surface area contributed by atoms with Gasteiger partial charge in [-0.05, 0) is 160 Å². The number of amides is 4. The van der Waals surface area contributed by atoms with Crippen LogP contribution in [0.15, 0.2) is 248 Å². The number of nitrogens with two attached hydrogens (primary N) is 2. The number of carbonyl (C=O) groups excluding carboxylic acids is 6. The van der Waals surface area contributed by atoms with E-state index in [1.165, 1.54) is 126 Å². The van der Waals surface area contributed by atoms with E-state index in [0.717, 1.165) is 117 Å². The number of thiophene rings is 1. The second-order valence-electron chi connectivity index (χ2n) is 31.2. The fourth-order valence-electron chi connectivity index (χ4n) is 13.8. The Morgan fingerprint density at radius 1 is 0.762 bits per heavy atom. The second kappa shape index (κ2) is 52.4. The maximum absolute atomic E-state index is 13.6. The number of benzene rings is 7. The number of fused-ring (bicyclic) bond motifs is 4. The zero-order valence-electron chi connectivity index (χ0n) is 79.2. The van der Waals surface area contributed by atoms with Gasteiger partial charge >= 0.3 is 23.1 Å². The van der Waals surface area contributed by atoms with Gasteiger partial charge < -0.3 is 80.4 Å². The molecule has 147 heavy (non-hydrogen) atoms. The first-order valence-electron chi connectivity index (χ1n) is 43.9. The Balaban J connectivity index is 0.000000163. The van der Waals surface area contributed by atoms with Gasteiger partial charge in [-0.2, -0.15) is 32.7 Å². The Kier molecular flexibility index (Phi) is 38.9. The number of para-hydroxylation sites is 2. The van der Waals surface area contributed by atoms with Crippen molar-refractivity contribution in [3.8, 4) is 68.3 Å². The van der Waals surface area contributed by atoms with Crippen molar-refractivity contribution < 1.29 is 97.6 Å². The predicted molar refractivity (Wildman–Crippen MR) is 547 cm³/mol. The lowest BCUT2D eigenvalue weighted by Gasteiger charge is -2.32. The zero-order valence-corrected chi connectivity index (χ0v) is 83.2. The van der Waals surface area contributed by atoms with E-state index in [9.17, 15) is 64.9 Å². The van der Waals surface area contributed by atoms with Crippen molar-refractivity contribution in [1.29, 1.82) is 0 Å². The molecule has 0 aliphatic carbocycles. The number of anilines is 8. The monoisotopic (exact) mass is 2100 g/mol. The van der Waals surface area contributed by atoms with Crippen molar-refractivity contribution in [2.75, 3.05) is 113 Å². The van der Waals surface area contributed by atoms with Crippen LogP contribution in [0.25, 0.3) is 50.5 Å². The van der Waals surface area contributed by atoms with Gasteiger partial charge in [0, 0.05) is 161 Å². The topological polar surface area (TPSA) is 511 Å². The highest BCUT2D eigenvalue weighted by atomic mass is 35.5. The van der Waals surface area contributed by atoms with Crippen LogP contribution in [-0.4, -0.2) is 205 Å². The zero-order chi connectivity index (χ0) is 105. The minimum absolute atomic E-state index is 0.00436. The lowest BCUT2D eigenvalue weighted by molar-refractivity contribution is -0.380. The molecule has 9 N–H and O–H groups in total. The number of nitrogens with zero attached hydrogens (tertiary/aromatic N) is 15. The molecule has 40 nitrogen and oxygen atoms in total. The van der Waals surface area contributed by atoms with Crippen LogP contribution in [-0.2, 0) is 66.2 Å². The number of piperidine rings is 1. The highest BCUT2D eigenvalue weighted by Gasteiger charge is 2.31. The number of likely N-dealkylation sites (N-methyl/N-ethyl adjacent to an activating group) is 1. The van der Waals surface area contributed by atoms with Gasteiger partial charge in [-0.15, -0.1) is 0 Å². The van der Waals surface area contributed by atoms with Crippen LogP contribution in [0.2, 0.25) is 5.02 Å². The summed E-state index contributed by atoms with van der Waals surface area (Å²) in [6.07, 6.45) is 12.8. The molecule has 2 atom stereocenters. The summed E-state index contributed by atoms with van der Waals surface area (Å²) in [4.78, 5) is 112. The number of esters is 2. The number of hydrogen-bond acceptors (Lipinski definition) is 35. The molecule has 0 unspecified atom stereocenters. The van der Waals surface area contributed by atoms with Gasteiger partial charge in [-0.3, -0.25) is 38.7 Å². The number of nitrogen functional groups attached to an aromatic ring is 2. The third-order valence-corrected chi connectivity index (χ3v) is 24.4. The van der Waals surface area contributed by atoms with Gasteiger partial charge in [0.2, 0.25) is 39.7 Å². The fourth-order valence-corrected chi connectivity index (χ4v) is 16.7. The number of rotatable bonds is 27. The fraction of sp³-hybridized carbons (Fsp3) is 0.204. The van der Waals surface area contributed by atoms with E-state index in [1.807, 2.05) is 137 Å².